The van der Waals surface area contributed by atoms with Crippen molar-refractivity contribution in [1.82, 2.24) is 0 Å². The maximum absolute atomic E-state index is 13.3. The monoisotopic (exact) mass is 290 g/mol. The number of halogens is 1. The van der Waals surface area contributed by atoms with Gasteiger partial charge in [0, 0.05) is 6.07 Å². The third kappa shape index (κ3) is 3.21. The van der Waals surface area contributed by atoms with E-state index < -0.39 is 33.6 Å². The molecule has 2 rings (SSSR count). The second-order valence-corrected chi connectivity index (χ2v) is 5.63. The number of ketones is 1. The summed E-state index contributed by atoms with van der Waals surface area (Å²) >= 11 is 0. The van der Waals surface area contributed by atoms with Gasteiger partial charge in [0.25, 0.3) is 10.1 Å². The first-order valence-corrected chi connectivity index (χ1v) is 6.96. The van der Waals surface area contributed by atoms with Crippen molar-refractivity contribution in [3.8, 4) is 11.5 Å². The molecule has 19 heavy (non-hydrogen) atoms. The molecule has 0 saturated carbocycles. The lowest BCUT2D eigenvalue weighted by atomic mass is 10.1. The lowest BCUT2D eigenvalue weighted by molar-refractivity contribution is 0.0940. The Morgan fingerprint density at radius 2 is 2.21 bits per heavy atom. The van der Waals surface area contributed by atoms with Crippen LogP contribution in [0.1, 0.15) is 17.3 Å². The number of ether oxygens (including phenoxy) is 2. The van der Waals surface area contributed by atoms with Gasteiger partial charge in [0.2, 0.25) is 0 Å². The highest BCUT2D eigenvalue weighted by Crippen LogP contribution is 2.36. The van der Waals surface area contributed by atoms with Crippen LogP contribution in [-0.2, 0) is 10.1 Å². The molecule has 0 spiro atoms. The minimum atomic E-state index is -4.23. The van der Waals surface area contributed by atoms with E-state index >= 15 is 0 Å². The van der Waals surface area contributed by atoms with Crippen molar-refractivity contribution in [3.63, 3.8) is 0 Å². The lowest BCUT2D eigenvalue weighted by Gasteiger charge is -2.26. The molecular weight excluding hydrogens is 279 g/mol. The van der Waals surface area contributed by atoms with Crippen LogP contribution >= 0.6 is 0 Å². The van der Waals surface area contributed by atoms with E-state index in [0.717, 1.165) is 12.1 Å². The standard InChI is InChI=1S/C11H11FO6S/c1-6(13)9-2-7(12)3-10-11(9)17-4-8(18-10)5-19(14,15)16/h2-3,8H,4-5H2,1H3,(H,14,15,16)/t8-/m1/s1. The third-order valence-electron chi connectivity index (χ3n) is 2.50. The maximum Gasteiger partial charge on any atom is 0.268 e. The molecule has 1 aromatic carbocycles. The Morgan fingerprint density at radius 3 is 2.79 bits per heavy atom. The van der Waals surface area contributed by atoms with Crippen LogP contribution in [0.5, 0.6) is 11.5 Å². The summed E-state index contributed by atoms with van der Waals surface area (Å²) in [6.45, 7) is 1.10. The molecule has 0 aromatic heterocycles. The SMILES string of the molecule is CC(=O)c1cc(F)cc2c1OC[C@H](CS(=O)(=O)O)O2. The van der Waals surface area contributed by atoms with Crippen molar-refractivity contribution >= 4 is 15.9 Å². The first kappa shape index (κ1) is 13.8. The van der Waals surface area contributed by atoms with Crippen molar-refractivity contribution < 1.29 is 31.6 Å². The minimum absolute atomic E-state index is 0.0281. The highest BCUT2D eigenvalue weighted by atomic mass is 32.2. The van der Waals surface area contributed by atoms with E-state index in [9.17, 15) is 17.6 Å². The van der Waals surface area contributed by atoms with Gasteiger partial charge in [0.1, 0.15) is 24.3 Å². The fraction of sp³-hybridized carbons (Fsp3) is 0.364. The first-order valence-electron chi connectivity index (χ1n) is 5.35. The molecule has 1 aliphatic heterocycles. The summed E-state index contributed by atoms with van der Waals surface area (Å²) in [4.78, 5) is 11.3. The molecule has 1 heterocycles. The summed E-state index contributed by atoms with van der Waals surface area (Å²) in [5.74, 6) is -1.73. The van der Waals surface area contributed by atoms with E-state index in [1.54, 1.807) is 0 Å². The van der Waals surface area contributed by atoms with Crippen LogP contribution in [0.3, 0.4) is 0 Å². The van der Waals surface area contributed by atoms with Gasteiger partial charge < -0.3 is 9.47 Å². The van der Waals surface area contributed by atoms with E-state index in [4.69, 9.17) is 14.0 Å². The second-order valence-electron chi connectivity index (χ2n) is 4.14. The van der Waals surface area contributed by atoms with Gasteiger partial charge >= 0.3 is 0 Å². The van der Waals surface area contributed by atoms with E-state index in [0.29, 0.717) is 0 Å². The van der Waals surface area contributed by atoms with Crippen molar-refractivity contribution in [3.05, 3.63) is 23.5 Å². The number of hydrogen-bond acceptors (Lipinski definition) is 5. The largest absolute Gasteiger partial charge is 0.485 e. The molecule has 1 N–H and O–H groups in total. The summed E-state index contributed by atoms with van der Waals surface area (Å²) in [6.07, 6.45) is -0.955. The average Bonchev–Trinajstić information content (AvgIpc) is 2.24. The summed E-state index contributed by atoms with van der Waals surface area (Å²) in [6, 6.07) is 2.02. The van der Waals surface area contributed by atoms with Crippen LogP contribution in [0.4, 0.5) is 4.39 Å². The second kappa shape index (κ2) is 4.78. The molecule has 0 radical (unpaired) electrons. The Labute approximate surface area is 108 Å². The van der Waals surface area contributed by atoms with Crippen LogP contribution in [-0.4, -0.2) is 37.2 Å². The number of hydrogen-bond donors (Lipinski definition) is 1. The quantitative estimate of drug-likeness (QED) is 0.661. The Balaban J connectivity index is 2.33. The molecule has 0 amide bonds. The summed E-state index contributed by atoms with van der Waals surface area (Å²) in [5.41, 5.74) is 0.0281. The Morgan fingerprint density at radius 1 is 1.53 bits per heavy atom. The van der Waals surface area contributed by atoms with Gasteiger partial charge in [0.15, 0.2) is 17.3 Å². The van der Waals surface area contributed by atoms with Gasteiger partial charge in [-0.15, -0.1) is 0 Å². The Bertz CT molecular complexity index is 624. The van der Waals surface area contributed by atoms with Crippen LogP contribution in [0.15, 0.2) is 12.1 Å². The Hall–Kier alpha value is -1.67. The van der Waals surface area contributed by atoms with Gasteiger partial charge in [-0.2, -0.15) is 8.42 Å². The molecule has 0 unspecified atom stereocenters. The zero-order chi connectivity index (χ0) is 14.2. The zero-order valence-electron chi connectivity index (χ0n) is 9.92. The molecule has 0 saturated heterocycles. The predicted octanol–water partition coefficient (Wildman–Crippen LogP) is 1.06. The van der Waals surface area contributed by atoms with Gasteiger partial charge in [-0.3, -0.25) is 9.35 Å². The van der Waals surface area contributed by atoms with E-state index in [1.807, 2.05) is 0 Å². The predicted molar refractivity (Wildman–Crippen MR) is 62.7 cm³/mol. The molecule has 1 aromatic rings. The minimum Gasteiger partial charge on any atom is -0.485 e. The maximum atomic E-state index is 13.3. The molecule has 0 fully saturated rings. The Kier molecular flexibility index (Phi) is 3.46. The number of carbonyl (C=O) groups is 1. The number of rotatable bonds is 3. The number of carbonyl (C=O) groups excluding carboxylic acids is 1. The van der Waals surface area contributed by atoms with Crippen molar-refractivity contribution in [2.24, 2.45) is 0 Å². The number of Topliss-reactive ketones (excluding diaryl/α,β-unsaturated/α-hetero) is 1. The summed E-state index contributed by atoms with van der Waals surface area (Å²) < 4.78 is 54.0. The summed E-state index contributed by atoms with van der Waals surface area (Å²) in [5, 5.41) is 0. The van der Waals surface area contributed by atoms with Crippen molar-refractivity contribution in [1.29, 1.82) is 0 Å². The fourth-order valence-corrected chi connectivity index (χ4v) is 2.41. The molecule has 1 atom stereocenters. The third-order valence-corrected chi connectivity index (χ3v) is 3.30. The molecule has 8 heteroatoms. The van der Waals surface area contributed by atoms with E-state index in [1.165, 1.54) is 6.92 Å². The highest BCUT2D eigenvalue weighted by Gasteiger charge is 2.28. The molecule has 0 bridgehead atoms. The van der Waals surface area contributed by atoms with Crippen LogP contribution in [0.2, 0.25) is 0 Å². The fourth-order valence-electron chi connectivity index (χ4n) is 1.77. The van der Waals surface area contributed by atoms with Crippen LogP contribution in [0.25, 0.3) is 0 Å². The first-order chi connectivity index (χ1) is 8.76. The van der Waals surface area contributed by atoms with Crippen molar-refractivity contribution in [2.45, 2.75) is 13.0 Å². The molecular formula is C11H11FO6S. The van der Waals surface area contributed by atoms with Crippen LogP contribution < -0.4 is 9.47 Å². The number of benzene rings is 1. The average molecular weight is 290 g/mol. The van der Waals surface area contributed by atoms with E-state index in [-0.39, 0.29) is 23.7 Å². The van der Waals surface area contributed by atoms with Crippen molar-refractivity contribution in [2.75, 3.05) is 12.4 Å². The lowest BCUT2D eigenvalue weighted by Crippen LogP contribution is -2.35. The highest BCUT2D eigenvalue weighted by molar-refractivity contribution is 7.85. The van der Waals surface area contributed by atoms with Gasteiger partial charge in [-0.05, 0) is 13.0 Å². The molecule has 1 aliphatic rings. The van der Waals surface area contributed by atoms with Gasteiger partial charge in [-0.1, -0.05) is 0 Å². The van der Waals surface area contributed by atoms with Gasteiger partial charge in [0.05, 0.1) is 5.56 Å². The molecule has 0 aliphatic carbocycles. The van der Waals surface area contributed by atoms with E-state index in [2.05, 4.69) is 0 Å². The summed E-state index contributed by atoms with van der Waals surface area (Å²) in [7, 11) is -4.23. The van der Waals surface area contributed by atoms with Gasteiger partial charge in [-0.25, -0.2) is 4.39 Å². The smallest absolute Gasteiger partial charge is 0.268 e. The zero-order valence-corrected chi connectivity index (χ0v) is 10.7. The van der Waals surface area contributed by atoms with Crippen LogP contribution in [0, 0.1) is 5.82 Å². The number of fused-ring (bicyclic) bond motifs is 1. The topological polar surface area (TPSA) is 89.9 Å². The molecule has 104 valence electrons. The normalized spacial score (nSPS) is 18.2. The molecule has 6 nitrogen and oxygen atoms in total.